The molecular weight excluding hydrogens is 278 g/mol. The van der Waals surface area contributed by atoms with Crippen molar-refractivity contribution in [2.45, 2.75) is 13.8 Å². The average molecular weight is 291 g/mol. The summed E-state index contributed by atoms with van der Waals surface area (Å²) in [5.41, 5.74) is 3.78. The molecule has 0 fully saturated rings. The first kappa shape index (κ1) is 12.8. The highest BCUT2D eigenvalue weighted by Crippen LogP contribution is 2.31. The largest absolute Gasteiger partial charge is 0.422 e. The molecule has 2 heterocycles. The Morgan fingerprint density at radius 1 is 0.955 bits per heavy atom. The van der Waals surface area contributed by atoms with Gasteiger partial charge in [-0.2, -0.15) is 0 Å². The number of para-hydroxylation sites is 1. The van der Waals surface area contributed by atoms with Gasteiger partial charge >= 0.3 is 5.63 Å². The first-order valence-corrected chi connectivity index (χ1v) is 7.04. The number of benzene rings is 2. The molecule has 2 aromatic heterocycles. The van der Waals surface area contributed by atoms with Crippen LogP contribution in [0.5, 0.6) is 0 Å². The Morgan fingerprint density at radius 3 is 2.64 bits per heavy atom. The highest BCUT2D eigenvalue weighted by atomic mass is 16.5. The number of hydrogen-bond donors (Lipinski definition) is 0. The zero-order valence-electron chi connectivity index (χ0n) is 12.2. The van der Waals surface area contributed by atoms with E-state index in [0.29, 0.717) is 22.4 Å². The molecule has 0 unspecified atom stereocenters. The molecule has 0 spiro atoms. The van der Waals surface area contributed by atoms with Gasteiger partial charge in [0.1, 0.15) is 11.3 Å². The van der Waals surface area contributed by atoms with E-state index < -0.39 is 5.63 Å². The molecule has 0 radical (unpaired) electrons. The molecule has 0 amide bonds. The molecule has 0 aliphatic rings. The maximum atomic E-state index is 12.4. The van der Waals surface area contributed by atoms with Crippen molar-refractivity contribution >= 4 is 21.9 Å². The van der Waals surface area contributed by atoms with Gasteiger partial charge < -0.3 is 8.94 Å². The Hall–Kier alpha value is -2.88. The Labute approximate surface area is 126 Å². The third kappa shape index (κ3) is 1.77. The second-order valence-corrected chi connectivity index (χ2v) is 5.42. The lowest BCUT2D eigenvalue weighted by atomic mass is 10.0. The molecule has 2 aromatic carbocycles. The molecule has 0 bridgehead atoms. The van der Waals surface area contributed by atoms with Crippen LogP contribution in [0.2, 0.25) is 0 Å². The Bertz CT molecular complexity index is 1070. The minimum atomic E-state index is -0.395. The summed E-state index contributed by atoms with van der Waals surface area (Å²) in [7, 11) is 0. The lowest BCUT2D eigenvalue weighted by Gasteiger charge is -2.05. The minimum absolute atomic E-state index is 0.395. The molecule has 0 aliphatic carbocycles. The third-order valence-corrected chi connectivity index (χ3v) is 3.94. The lowest BCUT2D eigenvalue weighted by Crippen LogP contribution is -2.06. The van der Waals surface area contributed by atoms with Crippen LogP contribution in [0, 0.1) is 13.8 Å². The highest BCUT2D eigenvalue weighted by Gasteiger charge is 2.19. The molecule has 4 heteroatoms. The van der Waals surface area contributed by atoms with Crippen molar-refractivity contribution in [3.8, 4) is 11.3 Å². The zero-order chi connectivity index (χ0) is 15.3. The van der Waals surface area contributed by atoms with Crippen LogP contribution < -0.4 is 5.63 Å². The van der Waals surface area contributed by atoms with Crippen LogP contribution in [0.4, 0.5) is 0 Å². The molecule has 4 aromatic rings. The van der Waals surface area contributed by atoms with Crippen LogP contribution in [-0.4, -0.2) is 5.16 Å². The van der Waals surface area contributed by atoms with Crippen molar-refractivity contribution in [3.63, 3.8) is 0 Å². The number of aromatic nitrogens is 1. The second-order valence-electron chi connectivity index (χ2n) is 5.42. The van der Waals surface area contributed by atoms with E-state index in [2.05, 4.69) is 5.16 Å². The van der Waals surface area contributed by atoms with E-state index in [1.807, 2.05) is 50.2 Å². The molecule has 0 atom stereocenters. The van der Waals surface area contributed by atoms with Crippen LogP contribution in [-0.2, 0) is 0 Å². The Morgan fingerprint density at radius 2 is 1.77 bits per heavy atom. The number of nitrogens with zero attached hydrogens (tertiary/aromatic N) is 1. The fourth-order valence-corrected chi connectivity index (χ4v) is 2.81. The third-order valence-electron chi connectivity index (χ3n) is 3.94. The number of aryl methyl sites for hydroxylation is 2. The smallest absolute Gasteiger partial charge is 0.346 e. The molecule has 0 aliphatic heterocycles. The fourth-order valence-electron chi connectivity index (χ4n) is 2.81. The van der Waals surface area contributed by atoms with Crippen LogP contribution in [0.3, 0.4) is 0 Å². The Balaban J connectivity index is 2.12. The molecule has 4 rings (SSSR count). The quantitative estimate of drug-likeness (QED) is 0.493. The summed E-state index contributed by atoms with van der Waals surface area (Å²) in [6.45, 7) is 3.90. The van der Waals surface area contributed by atoms with Crippen molar-refractivity contribution in [3.05, 3.63) is 64.0 Å². The molecule has 0 saturated carbocycles. The van der Waals surface area contributed by atoms with Crippen molar-refractivity contribution in [1.82, 2.24) is 5.16 Å². The van der Waals surface area contributed by atoms with Crippen molar-refractivity contribution in [2.24, 2.45) is 0 Å². The van der Waals surface area contributed by atoms with E-state index in [9.17, 15) is 4.79 Å². The minimum Gasteiger partial charge on any atom is -0.422 e. The summed E-state index contributed by atoms with van der Waals surface area (Å²) in [5, 5.41) is 5.83. The normalized spacial score (nSPS) is 11.4. The molecule has 4 nitrogen and oxygen atoms in total. The van der Waals surface area contributed by atoms with Crippen LogP contribution in [0.1, 0.15) is 11.1 Å². The standard InChI is InChI=1S/C18H13NO3/c1-10-7-8-15-13(9-10)17(19-22-15)16-11(2)12-5-3-4-6-14(12)21-18(16)20/h3-9H,1-2H3. The van der Waals surface area contributed by atoms with Gasteiger partial charge in [-0.25, -0.2) is 4.79 Å². The van der Waals surface area contributed by atoms with E-state index in [-0.39, 0.29) is 0 Å². The van der Waals surface area contributed by atoms with Crippen LogP contribution in [0.25, 0.3) is 33.2 Å². The summed E-state index contributed by atoms with van der Waals surface area (Å²) in [5.74, 6) is 0. The van der Waals surface area contributed by atoms with E-state index in [0.717, 1.165) is 21.9 Å². The Kier molecular flexibility index (Phi) is 2.66. The monoisotopic (exact) mass is 291 g/mol. The summed E-state index contributed by atoms with van der Waals surface area (Å²) in [4.78, 5) is 12.4. The molecular formula is C18H13NO3. The predicted molar refractivity (Wildman–Crippen MR) is 85.0 cm³/mol. The van der Waals surface area contributed by atoms with E-state index >= 15 is 0 Å². The molecule has 108 valence electrons. The number of rotatable bonds is 1. The first-order valence-electron chi connectivity index (χ1n) is 7.04. The number of hydrogen-bond acceptors (Lipinski definition) is 4. The van der Waals surface area contributed by atoms with Crippen molar-refractivity contribution in [2.75, 3.05) is 0 Å². The van der Waals surface area contributed by atoms with Gasteiger partial charge in [-0.05, 0) is 37.6 Å². The summed E-state index contributed by atoms with van der Waals surface area (Å²) < 4.78 is 10.8. The first-order chi connectivity index (χ1) is 10.6. The highest BCUT2D eigenvalue weighted by molar-refractivity contribution is 5.95. The van der Waals surface area contributed by atoms with Gasteiger partial charge in [0.25, 0.3) is 0 Å². The van der Waals surface area contributed by atoms with Gasteiger partial charge in [0, 0.05) is 5.39 Å². The van der Waals surface area contributed by atoms with Gasteiger partial charge in [0.2, 0.25) is 0 Å². The number of fused-ring (bicyclic) bond motifs is 2. The SMILES string of the molecule is Cc1ccc2onc(-c3c(C)c4ccccc4oc3=O)c2c1. The van der Waals surface area contributed by atoms with Crippen molar-refractivity contribution in [1.29, 1.82) is 0 Å². The molecule has 0 saturated heterocycles. The maximum absolute atomic E-state index is 12.4. The van der Waals surface area contributed by atoms with Gasteiger partial charge in [0.05, 0.1) is 10.9 Å². The van der Waals surface area contributed by atoms with Gasteiger partial charge in [0.15, 0.2) is 5.58 Å². The summed E-state index contributed by atoms with van der Waals surface area (Å²) >= 11 is 0. The van der Waals surface area contributed by atoms with Gasteiger partial charge in [-0.1, -0.05) is 35.0 Å². The van der Waals surface area contributed by atoms with Crippen LogP contribution >= 0.6 is 0 Å². The summed E-state index contributed by atoms with van der Waals surface area (Å²) in [6, 6.07) is 13.3. The van der Waals surface area contributed by atoms with Gasteiger partial charge in [-0.15, -0.1) is 0 Å². The van der Waals surface area contributed by atoms with Crippen molar-refractivity contribution < 1.29 is 8.94 Å². The topological polar surface area (TPSA) is 56.2 Å². The maximum Gasteiger partial charge on any atom is 0.346 e. The van der Waals surface area contributed by atoms with Crippen LogP contribution in [0.15, 0.2) is 56.2 Å². The average Bonchev–Trinajstić information content (AvgIpc) is 2.90. The molecule has 22 heavy (non-hydrogen) atoms. The second kappa shape index (κ2) is 4.56. The van der Waals surface area contributed by atoms with E-state index in [1.54, 1.807) is 6.07 Å². The van der Waals surface area contributed by atoms with Gasteiger partial charge in [-0.3, -0.25) is 0 Å². The fraction of sp³-hybridized carbons (Fsp3) is 0.111. The van der Waals surface area contributed by atoms with E-state index in [4.69, 9.17) is 8.94 Å². The van der Waals surface area contributed by atoms with E-state index in [1.165, 1.54) is 0 Å². The zero-order valence-corrected chi connectivity index (χ0v) is 12.2. The lowest BCUT2D eigenvalue weighted by molar-refractivity contribution is 0.458. The molecule has 0 N–H and O–H groups in total. The summed E-state index contributed by atoms with van der Waals surface area (Å²) in [6.07, 6.45) is 0. The predicted octanol–water partition coefficient (Wildman–Crippen LogP) is 4.22.